The van der Waals surface area contributed by atoms with Crippen molar-refractivity contribution in [1.82, 2.24) is 5.06 Å². The molecule has 0 aromatic heterocycles. The first kappa shape index (κ1) is 3.52. The first-order valence-corrected chi connectivity index (χ1v) is 1.55. The summed E-state index contributed by atoms with van der Waals surface area (Å²) in [7, 11) is 0. The summed E-state index contributed by atoms with van der Waals surface area (Å²) in [5, 5.41) is 10.6. The molecule has 3 nitrogen and oxygen atoms in total. The maximum absolute atomic E-state index is 9.92. The molecule has 1 aliphatic heterocycles. The average Bonchev–Trinajstić information content (AvgIpc) is 1.86. The van der Waals surface area contributed by atoms with Crippen LogP contribution in [0.4, 0.5) is 0 Å². The van der Waals surface area contributed by atoms with Crippen molar-refractivity contribution in [3.8, 4) is 0 Å². The molecule has 0 amide bonds. The molecular weight excluding hydrogens is 80.0 g/mol. The Morgan fingerprint density at radius 1 is 1.67 bits per heavy atom. The lowest BCUT2D eigenvalue weighted by atomic mass is 10.9. The molecule has 0 aromatic carbocycles. The average molecular weight is 83.1 g/mol. The summed E-state index contributed by atoms with van der Waals surface area (Å²) >= 11 is 0. The Morgan fingerprint density at radius 2 is 2.50 bits per heavy atom. The fraction of sp³-hybridized carbons (Fsp3) is 0. The zero-order valence-electron chi connectivity index (χ0n) is 3.03. The molecule has 0 fully saturated rings. The van der Waals surface area contributed by atoms with Crippen LogP contribution < -0.4 is 5.06 Å². The second-order valence-corrected chi connectivity index (χ2v) is 0.923. The highest BCUT2D eigenvalue weighted by Gasteiger charge is 1.93. The minimum absolute atomic E-state index is 0.639. The number of hydroxylamine groups is 2. The van der Waals surface area contributed by atoms with Crippen molar-refractivity contribution in [2.75, 3.05) is 0 Å². The molecule has 0 spiro atoms. The molecule has 1 radical (unpaired) electrons. The second kappa shape index (κ2) is 1.20. The van der Waals surface area contributed by atoms with Crippen LogP contribution in [0.15, 0.2) is 17.4 Å². The Kier molecular flexibility index (Phi) is 0.703. The van der Waals surface area contributed by atoms with E-state index in [1.54, 1.807) is 0 Å². The molecule has 3 heteroatoms. The van der Waals surface area contributed by atoms with Crippen molar-refractivity contribution in [3.05, 3.63) is 17.6 Å². The standard InChI is InChI=1S/C3H3N2O/c6-5-2-1-4-3-5/h1-3H. The smallest absolute Gasteiger partial charge is 0.245 e. The number of nitrogens with zero attached hydrogens (tertiary/aromatic N) is 2. The van der Waals surface area contributed by atoms with E-state index in [9.17, 15) is 5.21 Å². The van der Waals surface area contributed by atoms with Crippen molar-refractivity contribution in [2.24, 2.45) is 4.99 Å². The molecule has 0 unspecified atom stereocenters. The van der Waals surface area contributed by atoms with Crippen LogP contribution in [-0.4, -0.2) is 6.34 Å². The molecule has 0 aliphatic carbocycles. The third kappa shape index (κ3) is 0.451. The minimum Gasteiger partial charge on any atom is -0.570 e. The van der Waals surface area contributed by atoms with Gasteiger partial charge in [0.1, 0.15) is 0 Å². The Balaban J connectivity index is 2.60. The summed E-state index contributed by atoms with van der Waals surface area (Å²) in [4.78, 5) is 3.47. The predicted molar refractivity (Wildman–Crippen MR) is 23.1 cm³/mol. The van der Waals surface area contributed by atoms with E-state index < -0.39 is 0 Å². The Bertz CT molecular complexity index is 85.0. The van der Waals surface area contributed by atoms with Crippen LogP contribution >= 0.6 is 0 Å². The zero-order chi connectivity index (χ0) is 4.41. The van der Waals surface area contributed by atoms with Gasteiger partial charge in [-0.25, -0.2) is 4.99 Å². The Labute approximate surface area is 35.2 Å². The van der Waals surface area contributed by atoms with Gasteiger partial charge >= 0.3 is 0 Å². The highest BCUT2D eigenvalue weighted by molar-refractivity contribution is 5.63. The van der Waals surface area contributed by atoms with Crippen molar-refractivity contribution in [3.63, 3.8) is 0 Å². The van der Waals surface area contributed by atoms with E-state index >= 15 is 0 Å². The summed E-state index contributed by atoms with van der Waals surface area (Å²) in [5.41, 5.74) is 0. The van der Waals surface area contributed by atoms with E-state index in [4.69, 9.17) is 0 Å². The molecule has 31 valence electrons. The van der Waals surface area contributed by atoms with E-state index in [-0.39, 0.29) is 0 Å². The van der Waals surface area contributed by atoms with E-state index in [1.165, 1.54) is 18.7 Å². The van der Waals surface area contributed by atoms with Gasteiger partial charge in [0, 0.05) is 0 Å². The molecule has 0 bridgehead atoms. The lowest BCUT2D eigenvalue weighted by molar-refractivity contribution is 1.02. The number of aliphatic imine (C=N–C) groups is 1. The molecule has 0 atom stereocenters. The summed E-state index contributed by atoms with van der Waals surface area (Å²) in [6, 6.07) is 0. The lowest BCUT2D eigenvalue weighted by Crippen LogP contribution is -2.06. The van der Waals surface area contributed by atoms with Gasteiger partial charge in [0.2, 0.25) is 6.34 Å². The van der Waals surface area contributed by atoms with E-state index in [1.807, 2.05) is 0 Å². The summed E-state index contributed by atoms with van der Waals surface area (Å²) in [5.74, 6) is 0. The highest BCUT2D eigenvalue weighted by atomic mass is 16.5. The van der Waals surface area contributed by atoms with Crippen LogP contribution in [-0.2, 0) is 0 Å². The summed E-state index contributed by atoms with van der Waals surface area (Å²) in [6.45, 7) is 0. The van der Waals surface area contributed by atoms with Crippen molar-refractivity contribution in [1.29, 1.82) is 0 Å². The molecule has 0 N–H and O–H groups in total. The van der Waals surface area contributed by atoms with Crippen molar-refractivity contribution < 1.29 is 0 Å². The van der Waals surface area contributed by atoms with E-state index in [0.717, 1.165) is 0 Å². The molecule has 1 heterocycles. The Morgan fingerprint density at radius 3 is 2.67 bits per heavy atom. The fourth-order valence-electron chi connectivity index (χ4n) is 0.247. The quantitative estimate of drug-likeness (QED) is 0.303. The van der Waals surface area contributed by atoms with Crippen LogP contribution in [0.5, 0.6) is 0 Å². The van der Waals surface area contributed by atoms with Gasteiger partial charge in [-0.15, -0.1) is 5.06 Å². The fourth-order valence-corrected chi connectivity index (χ4v) is 0.247. The highest BCUT2D eigenvalue weighted by Crippen LogP contribution is 1.84. The van der Waals surface area contributed by atoms with Crippen LogP contribution in [0.25, 0.3) is 0 Å². The van der Waals surface area contributed by atoms with E-state index in [0.29, 0.717) is 5.06 Å². The van der Waals surface area contributed by atoms with Crippen LogP contribution in [0.2, 0.25) is 0 Å². The molecule has 1 aliphatic rings. The zero-order valence-corrected chi connectivity index (χ0v) is 3.03. The van der Waals surface area contributed by atoms with Crippen molar-refractivity contribution >= 4 is 6.34 Å². The number of hydrogen-bond acceptors (Lipinski definition) is 3. The molecule has 1 rings (SSSR count). The van der Waals surface area contributed by atoms with Gasteiger partial charge in [0.05, 0.1) is 6.20 Å². The second-order valence-electron chi connectivity index (χ2n) is 0.923. The van der Waals surface area contributed by atoms with Crippen LogP contribution in [0.1, 0.15) is 0 Å². The largest absolute Gasteiger partial charge is 0.570 e. The van der Waals surface area contributed by atoms with Gasteiger partial charge in [-0.05, 0) is 0 Å². The van der Waals surface area contributed by atoms with Gasteiger partial charge in [-0.1, -0.05) is 0 Å². The molecule has 0 saturated carbocycles. The van der Waals surface area contributed by atoms with Gasteiger partial charge in [0.25, 0.3) is 0 Å². The molecule has 0 aromatic rings. The van der Waals surface area contributed by atoms with Crippen LogP contribution in [0.3, 0.4) is 0 Å². The SMILES string of the molecule is [O-][N+]1C=CN=C1. The number of hydrogen-bond donors (Lipinski definition) is 0. The van der Waals surface area contributed by atoms with Crippen molar-refractivity contribution in [2.45, 2.75) is 0 Å². The third-order valence-corrected chi connectivity index (χ3v) is 0.480. The molecular formula is C3H3N2O. The van der Waals surface area contributed by atoms with Crippen LogP contribution in [0, 0.1) is 5.21 Å². The molecule has 0 saturated heterocycles. The molecule has 6 heavy (non-hydrogen) atoms. The van der Waals surface area contributed by atoms with Gasteiger partial charge in [-0.3, -0.25) is 0 Å². The normalized spacial score (nSPS) is 20.2. The Hall–Kier alpha value is -0.670. The van der Waals surface area contributed by atoms with Gasteiger partial charge < -0.3 is 5.21 Å². The maximum Gasteiger partial charge on any atom is 0.245 e. The predicted octanol–water partition coefficient (Wildman–Crippen LogP) is 0.137. The van der Waals surface area contributed by atoms with Gasteiger partial charge in [-0.2, -0.15) is 0 Å². The maximum atomic E-state index is 9.92. The topological polar surface area (TPSA) is 41.3 Å². The van der Waals surface area contributed by atoms with E-state index in [2.05, 4.69) is 4.99 Å². The van der Waals surface area contributed by atoms with Gasteiger partial charge in [0.15, 0.2) is 6.20 Å². The number of rotatable bonds is 0. The monoisotopic (exact) mass is 83.0 g/mol. The summed E-state index contributed by atoms with van der Waals surface area (Å²) < 4.78 is 0. The first-order chi connectivity index (χ1) is 2.89. The summed E-state index contributed by atoms with van der Waals surface area (Å²) in [6.07, 6.45) is 3.97. The minimum atomic E-state index is 0.639. The lowest BCUT2D eigenvalue weighted by Gasteiger charge is -1.90. The third-order valence-electron chi connectivity index (χ3n) is 0.480. The first-order valence-electron chi connectivity index (χ1n) is 1.55.